The van der Waals surface area contributed by atoms with E-state index in [9.17, 15) is 9.18 Å². The summed E-state index contributed by atoms with van der Waals surface area (Å²) in [6.07, 6.45) is 0.981. The summed E-state index contributed by atoms with van der Waals surface area (Å²) in [6.45, 7) is 7.61. The third kappa shape index (κ3) is 5.42. The smallest absolute Gasteiger partial charge is 0.237 e. The van der Waals surface area contributed by atoms with Crippen molar-refractivity contribution in [1.29, 1.82) is 0 Å². The number of rotatable bonds is 8. The first kappa shape index (κ1) is 18.6. The van der Waals surface area contributed by atoms with Gasteiger partial charge in [0.25, 0.3) is 0 Å². The first-order valence-corrected chi connectivity index (χ1v) is 9.16. The molecule has 1 aromatic carbocycles. The summed E-state index contributed by atoms with van der Waals surface area (Å²) in [4.78, 5) is 15.7. The molecule has 130 valence electrons. The van der Waals surface area contributed by atoms with Crippen molar-refractivity contribution >= 4 is 17.2 Å². The van der Waals surface area contributed by atoms with E-state index in [0.717, 1.165) is 12.0 Å². The molecule has 0 radical (unpaired) electrons. The average molecular weight is 348 g/mol. The predicted molar refractivity (Wildman–Crippen MR) is 97.5 cm³/mol. The third-order valence-electron chi connectivity index (χ3n) is 4.16. The molecular formula is C19H25FN2OS. The Morgan fingerprint density at radius 2 is 1.96 bits per heavy atom. The summed E-state index contributed by atoms with van der Waals surface area (Å²) >= 11 is 1.66. The van der Waals surface area contributed by atoms with Crippen molar-refractivity contribution in [2.24, 2.45) is 0 Å². The summed E-state index contributed by atoms with van der Waals surface area (Å²) in [7, 11) is 0. The fourth-order valence-electron chi connectivity index (χ4n) is 2.30. The van der Waals surface area contributed by atoms with Crippen LogP contribution in [0, 0.1) is 12.7 Å². The highest BCUT2D eigenvalue weighted by atomic mass is 32.1. The standard InChI is InChI=1S/C19H25FN2OS/c1-4-15(3)21-11-19(23)22(13-18-14(2)9-10-24-18)12-16-5-7-17(20)8-6-16/h5-10,15,21H,4,11-13H2,1-3H3/t15-/m0/s1. The molecule has 1 atom stereocenters. The number of hydrogen-bond acceptors (Lipinski definition) is 3. The lowest BCUT2D eigenvalue weighted by atomic mass is 10.2. The Balaban J connectivity index is 2.09. The molecule has 0 unspecified atom stereocenters. The van der Waals surface area contributed by atoms with Crippen molar-refractivity contribution in [1.82, 2.24) is 10.2 Å². The molecule has 0 aliphatic carbocycles. The Labute approximate surface area is 147 Å². The Morgan fingerprint density at radius 3 is 2.54 bits per heavy atom. The van der Waals surface area contributed by atoms with Crippen molar-refractivity contribution in [2.75, 3.05) is 6.54 Å². The average Bonchev–Trinajstić information content (AvgIpc) is 2.98. The molecule has 0 saturated carbocycles. The van der Waals surface area contributed by atoms with E-state index in [0.29, 0.717) is 25.7 Å². The number of amides is 1. The molecular weight excluding hydrogens is 323 g/mol. The maximum atomic E-state index is 13.1. The van der Waals surface area contributed by atoms with Gasteiger partial charge in [-0.15, -0.1) is 11.3 Å². The lowest BCUT2D eigenvalue weighted by Gasteiger charge is -2.24. The van der Waals surface area contributed by atoms with E-state index in [1.807, 2.05) is 10.3 Å². The molecule has 1 heterocycles. The van der Waals surface area contributed by atoms with Crippen LogP contribution in [-0.4, -0.2) is 23.4 Å². The molecule has 5 heteroatoms. The van der Waals surface area contributed by atoms with Gasteiger partial charge in [0, 0.05) is 17.5 Å². The zero-order valence-corrected chi connectivity index (χ0v) is 15.3. The number of aryl methyl sites for hydroxylation is 1. The van der Waals surface area contributed by atoms with Crippen molar-refractivity contribution in [3.63, 3.8) is 0 Å². The molecule has 2 rings (SSSR count). The number of benzene rings is 1. The van der Waals surface area contributed by atoms with Gasteiger partial charge < -0.3 is 10.2 Å². The van der Waals surface area contributed by atoms with E-state index in [4.69, 9.17) is 0 Å². The maximum absolute atomic E-state index is 13.1. The van der Waals surface area contributed by atoms with Gasteiger partial charge in [0.1, 0.15) is 5.82 Å². The molecule has 0 spiro atoms. The largest absolute Gasteiger partial charge is 0.332 e. The van der Waals surface area contributed by atoms with Crippen LogP contribution in [-0.2, 0) is 17.9 Å². The van der Waals surface area contributed by atoms with Crippen molar-refractivity contribution < 1.29 is 9.18 Å². The zero-order chi connectivity index (χ0) is 17.5. The highest BCUT2D eigenvalue weighted by Crippen LogP contribution is 2.19. The van der Waals surface area contributed by atoms with Gasteiger partial charge in [-0.2, -0.15) is 0 Å². The molecule has 0 aliphatic rings. The Morgan fingerprint density at radius 1 is 1.25 bits per heavy atom. The van der Waals surface area contributed by atoms with Gasteiger partial charge in [0.15, 0.2) is 0 Å². The second kappa shape index (κ2) is 8.94. The quantitative estimate of drug-likeness (QED) is 0.778. The molecule has 1 aromatic heterocycles. The van der Waals surface area contributed by atoms with Crippen molar-refractivity contribution in [3.05, 3.63) is 57.5 Å². The molecule has 0 fully saturated rings. The molecule has 24 heavy (non-hydrogen) atoms. The van der Waals surface area contributed by atoms with Crippen LogP contribution in [0.5, 0.6) is 0 Å². The minimum Gasteiger partial charge on any atom is -0.332 e. The van der Waals surface area contributed by atoms with Crippen molar-refractivity contribution in [2.45, 2.75) is 46.3 Å². The molecule has 0 bridgehead atoms. The number of thiophene rings is 1. The van der Waals surface area contributed by atoms with Crippen LogP contribution in [0.3, 0.4) is 0 Å². The van der Waals surface area contributed by atoms with E-state index in [1.165, 1.54) is 22.6 Å². The molecule has 2 aromatic rings. The number of halogens is 1. The first-order chi connectivity index (χ1) is 11.5. The lowest BCUT2D eigenvalue weighted by molar-refractivity contribution is -0.131. The van der Waals surface area contributed by atoms with Gasteiger partial charge >= 0.3 is 0 Å². The molecule has 0 aliphatic heterocycles. The van der Waals surface area contributed by atoms with Gasteiger partial charge in [-0.25, -0.2) is 4.39 Å². The van der Waals surface area contributed by atoms with E-state index in [2.05, 4.69) is 32.2 Å². The summed E-state index contributed by atoms with van der Waals surface area (Å²) in [5.41, 5.74) is 2.13. The van der Waals surface area contributed by atoms with Crippen LogP contribution in [0.1, 0.15) is 36.3 Å². The third-order valence-corrected chi connectivity index (χ3v) is 5.16. The fourth-order valence-corrected chi connectivity index (χ4v) is 3.22. The SMILES string of the molecule is CC[C@H](C)NCC(=O)N(Cc1ccc(F)cc1)Cc1sccc1C. The number of carbonyl (C=O) groups excluding carboxylic acids is 1. The summed E-state index contributed by atoms with van der Waals surface area (Å²) in [5, 5.41) is 5.30. The second-order valence-electron chi connectivity index (χ2n) is 6.09. The Bertz CT molecular complexity index is 654. The van der Waals surface area contributed by atoms with Crippen LogP contribution >= 0.6 is 11.3 Å². The van der Waals surface area contributed by atoms with Gasteiger partial charge in [-0.05, 0) is 55.0 Å². The van der Waals surface area contributed by atoms with Crippen LogP contribution in [0.25, 0.3) is 0 Å². The molecule has 0 saturated heterocycles. The maximum Gasteiger partial charge on any atom is 0.237 e. The number of hydrogen-bond donors (Lipinski definition) is 1. The van der Waals surface area contributed by atoms with E-state index in [1.54, 1.807) is 23.5 Å². The normalized spacial score (nSPS) is 12.2. The van der Waals surface area contributed by atoms with Gasteiger partial charge in [0.2, 0.25) is 5.91 Å². The summed E-state index contributed by atoms with van der Waals surface area (Å²) < 4.78 is 13.1. The number of nitrogens with zero attached hydrogens (tertiary/aromatic N) is 1. The van der Waals surface area contributed by atoms with Crippen molar-refractivity contribution in [3.8, 4) is 0 Å². The molecule has 1 N–H and O–H groups in total. The number of nitrogens with one attached hydrogen (secondary N) is 1. The van der Waals surface area contributed by atoms with Crippen LogP contribution in [0.4, 0.5) is 4.39 Å². The van der Waals surface area contributed by atoms with E-state index >= 15 is 0 Å². The van der Waals surface area contributed by atoms with E-state index < -0.39 is 0 Å². The minimum atomic E-state index is -0.260. The topological polar surface area (TPSA) is 32.3 Å². The van der Waals surface area contributed by atoms with Gasteiger partial charge in [0.05, 0.1) is 13.1 Å². The Kier molecular flexibility index (Phi) is 6.94. The first-order valence-electron chi connectivity index (χ1n) is 8.28. The van der Waals surface area contributed by atoms with Crippen LogP contribution in [0.2, 0.25) is 0 Å². The van der Waals surface area contributed by atoms with Gasteiger partial charge in [-0.3, -0.25) is 4.79 Å². The predicted octanol–water partition coefficient (Wildman–Crippen LogP) is 4.11. The summed E-state index contributed by atoms with van der Waals surface area (Å²) in [5.74, 6) is -0.198. The molecule has 1 amide bonds. The lowest BCUT2D eigenvalue weighted by Crippen LogP contribution is -2.40. The fraction of sp³-hybridized carbons (Fsp3) is 0.421. The zero-order valence-electron chi connectivity index (χ0n) is 14.5. The molecule has 3 nitrogen and oxygen atoms in total. The van der Waals surface area contributed by atoms with E-state index in [-0.39, 0.29) is 11.7 Å². The van der Waals surface area contributed by atoms with Crippen LogP contribution < -0.4 is 5.32 Å². The monoisotopic (exact) mass is 348 g/mol. The Hall–Kier alpha value is -1.72. The minimum absolute atomic E-state index is 0.0624. The summed E-state index contributed by atoms with van der Waals surface area (Å²) in [6, 6.07) is 8.72. The second-order valence-corrected chi connectivity index (χ2v) is 7.09. The van der Waals surface area contributed by atoms with Crippen LogP contribution in [0.15, 0.2) is 35.7 Å². The number of carbonyl (C=O) groups is 1. The highest BCUT2D eigenvalue weighted by molar-refractivity contribution is 7.10. The van der Waals surface area contributed by atoms with Gasteiger partial charge in [-0.1, -0.05) is 19.1 Å². The highest BCUT2D eigenvalue weighted by Gasteiger charge is 2.17.